The maximum atomic E-state index is 11.1. The van der Waals surface area contributed by atoms with Gasteiger partial charge < -0.3 is 4.74 Å². The van der Waals surface area contributed by atoms with Crippen LogP contribution in [-0.2, 0) is 10.3 Å². The number of nitrogens with two attached hydrogens (primary N) is 1. The maximum Gasteiger partial charge on any atom is 0.150 e. The number of carbonyl (C=O) groups excluding carboxylic acids is 1. The average Bonchev–Trinajstić information content (AvgIpc) is 2.50. The van der Waals surface area contributed by atoms with Crippen LogP contribution < -0.4 is 5.84 Å². The third-order valence-electron chi connectivity index (χ3n) is 3.58. The van der Waals surface area contributed by atoms with Crippen molar-refractivity contribution in [2.45, 2.75) is 32.3 Å². The Morgan fingerprint density at radius 1 is 1.26 bits per heavy atom. The van der Waals surface area contributed by atoms with Gasteiger partial charge in [0.15, 0.2) is 0 Å². The Kier molecular flexibility index (Phi) is 6.15. The fourth-order valence-electron chi connectivity index (χ4n) is 2.48. The Morgan fingerprint density at radius 3 is 2.37 bits per heavy atom. The highest BCUT2D eigenvalue weighted by Crippen LogP contribution is 2.36. The van der Waals surface area contributed by atoms with Crippen LogP contribution in [0.4, 0.5) is 0 Å². The SMILES string of the molecule is CC.COC1(c2ccccc2C=O)CCN(N)CC1. The van der Waals surface area contributed by atoms with Crippen LogP contribution >= 0.6 is 0 Å². The molecule has 0 aliphatic carbocycles. The first-order chi connectivity index (χ1) is 9.22. The normalized spacial score (nSPS) is 18.3. The molecule has 2 rings (SSSR count). The van der Waals surface area contributed by atoms with Crippen molar-refractivity contribution in [1.29, 1.82) is 0 Å². The first-order valence-corrected chi connectivity index (χ1v) is 6.81. The lowest BCUT2D eigenvalue weighted by Gasteiger charge is -2.40. The van der Waals surface area contributed by atoms with E-state index in [2.05, 4.69) is 0 Å². The lowest BCUT2D eigenvalue weighted by Crippen LogP contribution is -2.47. The van der Waals surface area contributed by atoms with Crippen LogP contribution in [0, 0.1) is 0 Å². The van der Waals surface area contributed by atoms with Gasteiger partial charge in [-0.25, -0.2) is 5.01 Å². The predicted octanol–water partition coefficient (Wildman–Crippen LogP) is 2.34. The lowest BCUT2D eigenvalue weighted by molar-refractivity contribution is -0.0629. The number of benzene rings is 1. The van der Waals surface area contributed by atoms with Gasteiger partial charge in [0.25, 0.3) is 0 Å². The highest BCUT2D eigenvalue weighted by molar-refractivity contribution is 5.77. The molecule has 0 aromatic heterocycles. The highest BCUT2D eigenvalue weighted by Gasteiger charge is 2.37. The van der Waals surface area contributed by atoms with Crippen molar-refractivity contribution in [3.05, 3.63) is 35.4 Å². The minimum Gasteiger partial charge on any atom is -0.373 e. The molecule has 0 saturated carbocycles. The molecule has 0 bridgehead atoms. The molecule has 0 atom stereocenters. The van der Waals surface area contributed by atoms with E-state index in [1.807, 2.05) is 38.1 Å². The van der Waals surface area contributed by atoms with Crippen molar-refractivity contribution in [1.82, 2.24) is 5.01 Å². The number of carbonyl (C=O) groups is 1. The Hall–Kier alpha value is -1.23. The minimum atomic E-state index is -0.368. The van der Waals surface area contributed by atoms with E-state index in [1.54, 1.807) is 12.1 Å². The summed E-state index contributed by atoms with van der Waals surface area (Å²) in [5.41, 5.74) is 1.32. The van der Waals surface area contributed by atoms with E-state index in [0.717, 1.165) is 37.8 Å². The number of hydrogen-bond donors (Lipinski definition) is 1. The zero-order valence-electron chi connectivity index (χ0n) is 12.1. The summed E-state index contributed by atoms with van der Waals surface area (Å²) in [6.07, 6.45) is 2.51. The molecule has 2 N–H and O–H groups in total. The number of piperidine rings is 1. The third kappa shape index (κ3) is 3.41. The lowest BCUT2D eigenvalue weighted by atomic mass is 9.82. The number of ether oxygens (including phenoxy) is 1. The molecule has 0 amide bonds. The smallest absolute Gasteiger partial charge is 0.150 e. The largest absolute Gasteiger partial charge is 0.373 e. The summed E-state index contributed by atoms with van der Waals surface area (Å²) in [6, 6.07) is 7.61. The van der Waals surface area contributed by atoms with Crippen LogP contribution in [0.5, 0.6) is 0 Å². The van der Waals surface area contributed by atoms with E-state index < -0.39 is 0 Å². The van der Waals surface area contributed by atoms with Gasteiger partial charge in [-0.2, -0.15) is 0 Å². The minimum absolute atomic E-state index is 0.368. The second kappa shape index (κ2) is 7.38. The number of aldehydes is 1. The number of nitrogens with zero attached hydrogens (tertiary/aromatic N) is 1. The van der Waals surface area contributed by atoms with Gasteiger partial charge >= 0.3 is 0 Å². The van der Waals surface area contributed by atoms with Gasteiger partial charge in [0, 0.05) is 25.8 Å². The Balaban J connectivity index is 0.000000861. The van der Waals surface area contributed by atoms with Gasteiger partial charge in [0.05, 0.1) is 5.60 Å². The Morgan fingerprint density at radius 2 is 1.84 bits per heavy atom. The molecule has 4 nitrogen and oxygen atoms in total. The van der Waals surface area contributed by atoms with Crippen molar-refractivity contribution < 1.29 is 9.53 Å². The van der Waals surface area contributed by atoms with Crippen LogP contribution in [0.2, 0.25) is 0 Å². The monoisotopic (exact) mass is 264 g/mol. The summed E-state index contributed by atoms with van der Waals surface area (Å²) in [5, 5.41) is 1.79. The number of rotatable bonds is 3. The van der Waals surface area contributed by atoms with Crippen molar-refractivity contribution in [2.75, 3.05) is 20.2 Å². The summed E-state index contributed by atoms with van der Waals surface area (Å²) < 4.78 is 5.71. The Labute approximate surface area is 115 Å². The summed E-state index contributed by atoms with van der Waals surface area (Å²) >= 11 is 0. The Bertz CT molecular complexity index is 399. The molecule has 1 aromatic carbocycles. The van der Waals surface area contributed by atoms with Gasteiger partial charge in [-0.1, -0.05) is 38.1 Å². The van der Waals surface area contributed by atoms with Gasteiger partial charge in [-0.05, 0) is 18.4 Å². The van der Waals surface area contributed by atoms with Crippen LogP contribution in [0.25, 0.3) is 0 Å². The fraction of sp³-hybridized carbons (Fsp3) is 0.533. The molecule has 0 spiro atoms. The van der Waals surface area contributed by atoms with Crippen LogP contribution in [0.1, 0.15) is 42.6 Å². The van der Waals surface area contributed by atoms with E-state index in [-0.39, 0.29) is 5.60 Å². The molecule has 1 aromatic rings. The molecule has 4 heteroatoms. The fourth-order valence-corrected chi connectivity index (χ4v) is 2.48. The topological polar surface area (TPSA) is 55.6 Å². The van der Waals surface area contributed by atoms with Crippen molar-refractivity contribution >= 4 is 6.29 Å². The third-order valence-corrected chi connectivity index (χ3v) is 3.58. The van der Waals surface area contributed by atoms with Gasteiger partial charge in [-0.15, -0.1) is 0 Å². The van der Waals surface area contributed by atoms with Gasteiger partial charge in [0.2, 0.25) is 0 Å². The molecule has 1 aliphatic rings. The molecule has 1 saturated heterocycles. The molecule has 0 unspecified atom stereocenters. The second-order valence-corrected chi connectivity index (χ2v) is 4.44. The molecular weight excluding hydrogens is 240 g/mol. The second-order valence-electron chi connectivity index (χ2n) is 4.44. The van der Waals surface area contributed by atoms with Gasteiger partial charge in [-0.3, -0.25) is 10.6 Å². The van der Waals surface area contributed by atoms with Crippen LogP contribution in [0.3, 0.4) is 0 Å². The van der Waals surface area contributed by atoms with Gasteiger partial charge in [0.1, 0.15) is 6.29 Å². The van der Waals surface area contributed by atoms with E-state index in [1.165, 1.54) is 0 Å². The quantitative estimate of drug-likeness (QED) is 0.672. The van der Waals surface area contributed by atoms with E-state index in [0.29, 0.717) is 5.56 Å². The molecule has 1 heterocycles. The van der Waals surface area contributed by atoms with Crippen LogP contribution in [0.15, 0.2) is 24.3 Å². The summed E-state index contributed by atoms with van der Waals surface area (Å²) in [4.78, 5) is 11.1. The number of methoxy groups -OCH3 is 1. The highest BCUT2D eigenvalue weighted by atomic mass is 16.5. The van der Waals surface area contributed by atoms with E-state index >= 15 is 0 Å². The van der Waals surface area contributed by atoms with E-state index in [9.17, 15) is 4.79 Å². The first-order valence-electron chi connectivity index (χ1n) is 6.81. The van der Waals surface area contributed by atoms with Crippen molar-refractivity contribution in [3.63, 3.8) is 0 Å². The predicted molar refractivity (Wildman–Crippen MR) is 76.9 cm³/mol. The summed E-state index contributed by atoms with van der Waals surface area (Å²) in [6.45, 7) is 5.56. The molecule has 1 aliphatic heterocycles. The summed E-state index contributed by atoms with van der Waals surface area (Å²) in [5.74, 6) is 5.77. The van der Waals surface area contributed by atoms with E-state index in [4.69, 9.17) is 10.6 Å². The number of hydrazine groups is 1. The molecule has 0 radical (unpaired) electrons. The zero-order chi connectivity index (χ0) is 14.3. The average molecular weight is 264 g/mol. The van der Waals surface area contributed by atoms with Crippen molar-refractivity contribution in [3.8, 4) is 0 Å². The zero-order valence-corrected chi connectivity index (χ0v) is 12.1. The first kappa shape index (κ1) is 15.8. The maximum absolute atomic E-state index is 11.1. The van der Waals surface area contributed by atoms with Crippen molar-refractivity contribution in [2.24, 2.45) is 5.84 Å². The molecule has 19 heavy (non-hydrogen) atoms. The van der Waals surface area contributed by atoms with Crippen LogP contribution in [-0.4, -0.2) is 31.5 Å². The summed E-state index contributed by atoms with van der Waals surface area (Å²) in [7, 11) is 1.70. The number of hydrogen-bond acceptors (Lipinski definition) is 4. The molecule has 106 valence electrons. The standard InChI is InChI=1S/C13H18N2O2.C2H6/c1-17-13(6-8-15(14)9-7-13)12-5-3-2-4-11(12)10-16;1-2/h2-5,10H,6-9,14H2,1H3;1-2H3. The molecular formula is C15H24N2O2. The molecule has 1 fully saturated rings.